The molecule has 0 atom stereocenters. The molecule has 1 fully saturated rings. The second-order valence-electron chi connectivity index (χ2n) is 6.10. The van der Waals surface area contributed by atoms with Crippen molar-refractivity contribution >= 4 is 21.2 Å². The molecule has 3 rings (SSSR count). The number of thiazole rings is 1. The molecule has 1 aliphatic carbocycles. The van der Waals surface area contributed by atoms with Gasteiger partial charge in [0.15, 0.2) is 9.84 Å². The third-order valence-corrected chi connectivity index (χ3v) is 6.71. The number of aromatic nitrogens is 4. The monoisotopic (exact) mass is 354 g/mol. The van der Waals surface area contributed by atoms with Crippen LogP contribution in [0.4, 0.5) is 0 Å². The minimum absolute atomic E-state index is 0.0105. The first-order valence-corrected chi connectivity index (χ1v) is 10.8. The zero-order valence-electron chi connectivity index (χ0n) is 13.3. The highest BCUT2D eigenvalue weighted by molar-refractivity contribution is 7.89. The first-order chi connectivity index (χ1) is 11.1. The average molecular weight is 355 g/mol. The third-order valence-electron chi connectivity index (χ3n) is 4.21. The van der Waals surface area contributed by atoms with Gasteiger partial charge in [-0.25, -0.2) is 13.4 Å². The van der Waals surface area contributed by atoms with Crippen molar-refractivity contribution < 1.29 is 8.42 Å². The summed E-state index contributed by atoms with van der Waals surface area (Å²) in [5.41, 5.74) is 1.58. The fourth-order valence-corrected chi connectivity index (χ4v) is 5.60. The lowest BCUT2D eigenvalue weighted by molar-refractivity contribution is 0.437. The van der Waals surface area contributed by atoms with Crippen molar-refractivity contribution in [1.82, 2.24) is 20.0 Å². The molecule has 6 nitrogen and oxygen atoms in total. The number of sulfone groups is 1. The summed E-state index contributed by atoms with van der Waals surface area (Å²) in [5.74, 6) is 0.426. The van der Waals surface area contributed by atoms with Gasteiger partial charge in [-0.1, -0.05) is 24.5 Å². The Labute approximate surface area is 140 Å². The van der Waals surface area contributed by atoms with Crippen molar-refractivity contribution in [2.75, 3.05) is 0 Å². The second kappa shape index (κ2) is 7.09. The Morgan fingerprint density at radius 3 is 2.74 bits per heavy atom. The Bertz CT molecular complexity index is 745. The van der Waals surface area contributed by atoms with Gasteiger partial charge in [0.05, 0.1) is 17.1 Å². The minimum atomic E-state index is -3.27. The maximum Gasteiger partial charge on any atom is 0.162 e. The standard InChI is InChI=1S/C15H22N4O2S2/c1-2-19-8-13(17-18-19)10-23(20,21)11-15-16-14(9-22-15)12-6-4-3-5-7-12/h8-9,12H,2-7,10-11H2,1H3. The van der Waals surface area contributed by atoms with Crippen LogP contribution in [0.25, 0.3) is 0 Å². The molecule has 0 amide bonds. The van der Waals surface area contributed by atoms with Crippen LogP contribution in [0.2, 0.25) is 0 Å². The van der Waals surface area contributed by atoms with Gasteiger partial charge in [0.2, 0.25) is 0 Å². The molecule has 0 aliphatic heterocycles. The molecule has 8 heteroatoms. The molecule has 0 N–H and O–H groups in total. The largest absolute Gasteiger partial charge is 0.253 e. The molecule has 0 bridgehead atoms. The molecule has 23 heavy (non-hydrogen) atoms. The van der Waals surface area contributed by atoms with Gasteiger partial charge in [-0.3, -0.25) is 4.68 Å². The lowest BCUT2D eigenvalue weighted by Gasteiger charge is -2.19. The van der Waals surface area contributed by atoms with Gasteiger partial charge in [0.25, 0.3) is 0 Å². The van der Waals surface area contributed by atoms with Crippen molar-refractivity contribution in [1.29, 1.82) is 0 Å². The highest BCUT2D eigenvalue weighted by Crippen LogP contribution is 2.33. The van der Waals surface area contributed by atoms with E-state index in [9.17, 15) is 8.42 Å². The van der Waals surface area contributed by atoms with E-state index >= 15 is 0 Å². The molecule has 0 unspecified atom stereocenters. The summed E-state index contributed by atoms with van der Waals surface area (Å²) in [5, 5.41) is 10.5. The van der Waals surface area contributed by atoms with Crippen molar-refractivity contribution in [3.8, 4) is 0 Å². The zero-order valence-corrected chi connectivity index (χ0v) is 14.9. The van der Waals surface area contributed by atoms with E-state index in [-0.39, 0.29) is 11.5 Å². The van der Waals surface area contributed by atoms with Crippen LogP contribution in [0.5, 0.6) is 0 Å². The summed E-state index contributed by atoms with van der Waals surface area (Å²) >= 11 is 1.46. The van der Waals surface area contributed by atoms with Gasteiger partial charge in [0, 0.05) is 24.0 Å². The van der Waals surface area contributed by atoms with Gasteiger partial charge in [-0.05, 0) is 19.8 Å². The molecule has 0 saturated heterocycles. The first kappa shape index (κ1) is 16.6. The van der Waals surface area contributed by atoms with E-state index in [0.717, 1.165) is 5.69 Å². The molecular weight excluding hydrogens is 332 g/mol. The van der Waals surface area contributed by atoms with Crippen LogP contribution in [-0.2, 0) is 27.9 Å². The maximum atomic E-state index is 12.3. The maximum absolute atomic E-state index is 12.3. The smallest absolute Gasteiger partial charge is 0.162 e. The SMILES string of the molecule is CCn1cc(CS(=O)(=O)Cc2nc(C3CCCCC3)cs2)nn1. The quantitative estimate of drug-likeness (QED) is 0.797. The van der Waals surface area contributed by atoms with E-state index in [1.54, 1.807) is 10.9 Å². The van der Waals surface area contributed by atoms with E-state index in [0.29, 0.717) is 23.2 Å². The Morgan fingerprint density at radius 2 is 2.04 bits per heavy atom. The highest BCUT2D eigenvalue weighted by Gasteiger charge is 2.21. The summed E-state index contributed by atoms with van der Waals surface area (Å²) in [4.78, 5) is 4.58. The van der Waals surface area contributed by atoms with Crippen molar-refractivity contribution in [2.24, 2.45) is 0 Å². The summed E-state index contributed by atoms with van der Waals surface area (Å²) in [6, 6.07) is 0. The molecule has 1 saturated carbocycles. The van der Waals surface area contributed by atoms with Crippen LogP contribution in [0.15, 0.2) is 11.6 Å². The Balaban J connectivity index is 1.64. The van der Waals surface area contributed by atoms with Crippen molar-refractivity contribution in [3.05, 3.63) is 28.0 Å². The Kier molecular flexibility index (Phi) is 5.11. The van der Waals surface area contributed by atoms with Crippen LogP contribution in [-0.4, -0.2) is 28.4 Å². The molecule has 2 heterocycles. The van der Waals surface area contributed by atoms with Gasteiger partial charge >= 0.3 is 0 Å². The predicted octanol–water partition coefficient (Wildman–Crippen LogP) is 2.92. The van der Waals surface area contributed by atoms with E-state index in [1.165, 1.54) is 43.4 Å². The van der Waals surface area contributed by atoms with Crippen LogP contribution < -0.4 is 0 Å². The van der Waals surface area contributed by atoms with Gasteiger partial charge in [-0.2, -0.15) is 0 Å². The lowest BCUT2D eigenvalue weighted by atomic mass is 9.87. The molecule has 0 radical (unpaired) electrons. The fraction of sp³-hybridized carbons (Fsp3) is 0.667. The second-order valence-corrected chi connectivity index (χ2v) is 9.11. The Hall–Kier alpha value is -1.28. The van der Waals surface area contributed by atoms with Crippen LogP contribution in [0, 0.1) is 0 Å². The lowest BCUT2D eigenvalue weighted by Crippen LogP contribution is -2.09. The number of hydrogen-bond donors (Lipinski definition) is 0. The number of hydrogen-bond acceptors (Lipinski definition) is 6. The van der Waals surface area contributed by atoms with Crippen molar-refractivity contribution in [3.63, 3.8) is 0 Å². The van der Waals surface area contributed by atoms with Crippen LogP contribution in [0.3, 0.4) is 0 Å². The minimum Gasteiger partial charge on any atom is -0.253 e. The predicted molar refractivity (Wildman–Crippen MR) is 90.0 cm³/mol. The Morgan fingerprint density at radius 1 is 1.26 bits per heavy atom. The third kappa shape index (κ3) is 4.38. The molecule has 2 aromatic rings. The highest BCUT2D eigenvalue weighted by atomic mass is 32.2. The normalized spacial score (nSPS) is 16.7. The van der Waals surface area contributed by atoms with E-state index in [4.69, 9.17) is 0 Å². The van der Waals surface area contributed by atoms with E-state index in [2.05, 4.69) is 15.3 Å². The molecule has 1 aliphatic rings. The van der Waals surface area contributed by atoms with Gasteiger partial charge in [0.1, 0.15) is 10.8 Å². The molecule has 0 aromatic carbocycles. The summed E-state index contributed by atoms with van der Waals surface area (Å²) in [6.45, 7) is 2.62. The summed E-state index contributed by atoms with van der Waals surface area (Å²) in [6.07, 6.45) is 7.85. The molecule has 0 spiro atoms. The molecular formula is C15H22N4O2S2. The topological polar surface area (TPSA) is 77.7 Å². The average Bonchev–Trinajstić information content (AvgIpc) is 3.16. The summed E-state index contributed by atoms with van der Waals surface area (Å²) < 4.78 is 26.3. The fourth-order valence-electron chi connectivity index (χ4n) is 3.00. The summed E-state index contributed by atoms with van der Waals surface area (Å²) in [7, 11) is -3.27. The van der Waals surface area contributed by atoms with E-state index in [1.807, 2.05) is 12.3 Å². The van der Waals surface area contributed by atoms with Crippen LogP contribution >= 0.6 is 11.3 Å². The molecule has 2 aromatic heterocycles. The number of aryl methyl sites for hydroxylation is 1. The van der Waals surface area contributed by atoms with E-state index < -0.39 is 9.84 Å². The first-order valence-electron chi connectivity index (χ1n) is 8.09. The van der Waals surface area contributed by atoms with Gasteiger partial charge < -0.3 is 0 Å². The van der Waals surface area contributed by atoms with Crippen LogP contribution in [0.1, 0.15) is 61.3 Å². The molecule has 126 valence electrons. The number of rotatable bonds is 6. The zero-order chi connectivity index (χ0) is 16.3. The van der Waals surface area contributed by atoms with Gasteiger partial charge in [-0.15, -0.1) is 16.4 Å². The number of nitrogens with zero attached hydrogens (tertiary/aromatic N) is 4. The van der Waals surface area contributed by atoms with Crippen molar-refractivity contribution in [2.45, 2.75) is 63.0 Å².